The molecule has 2 aromatic carbocycles. The molecule has 0 aliphatic rings. The predicted molar refractivity (Wildman–Crippen MR) is 85.3 cm³/mol. The second-order valence-electron chi connectivity index (χ2n) is 4.31. The molecule has 108 valence electrons. The number of hydrogen-bond donors (Lipinski definition) is 1. The summed E-state index contributed by atoms with van der Waals surface area (Å²) in [5.74, 6) is -1.41. The van der Waals surface area contributed by atoms with E-state index in [4.69, 9.17) is 11.6 Å². The normalized spacial score (nSPS) is 10.2. The third-order valence-electron chi connectivity index (χ3n) is 2.96. The van der Waals surface area contributed by atoms with Crippen molar-refractivity contribution in [3.05, 3.63) is 63.1 Å². The van der Waals surface area contributed by atoms with E-state index in [0.717, 1.165) is 0 Å². The molecule has 0 saturated heterocycles. The van der Waals surface area contributed by atoms with Crippen molar-refractivity contribution < 1.29 is 14.7 Å². The van der Waals surface area contributed by atoms with Crippen LogP contribution in [0.1, 0.15) is 20.7 Å². The highest BCUT2D eigenvalue weighted by Crippen LogP contribution is 2.26. The summed E-state index contributed by atoms with van der Waals surface area (Å²) in [5.41, 5.74) is 0.803. The lowest BCUT2D eigenvalue weighted by Crippen LogP contribution is -2.28. The second kappa shape index (κ2) is 6.28. The molecule has 0 unspecified atom stereocenters. The minimum Gasteiger partial charge on any atom is -0.478 e. The molecule has 0 aliphatic heterocycles. The Hall–Kier alpha value is -1.85. The maximum absolute atomic E-state index is 12.5. The van der Waals surface area contributed by atoms with Crippen molar-refractivity contribution in [1.29, 1.82) is 0 Å². The van der Waals surface area contributed by atoms with E-state index in [9.17, 15) is 14.7 Å². The number of carboxylic acids is 1. The highest BCUT2D eigenvalue weighted by atomic mass is 79.9. The van der Waals surface area contributed by atoms with Gasteiger partial charge in [0.2, 0.25) is 0 Å². The zero-order valence-corrected chi connectivity index (χ0v) is 13.4. The zero-order valence-electron chi connectivity index (χ0n) is 11.0. The third kappa shape index (κ3) is 3.25. The topological polar surface area (TPSA) is 57.6 Å². The molecule has 1 N–H and O–H groups in total. The average molecular weight is 369 g/mol. The van der Waals surface area contributed by atoms with E-state index >= 15 is 0 Å². The van der Waals surface area contributed by atoms with Gasteiger partial charge in [0.1, 0.15) is 0 Å². The Morgan fingerprint density at radius 1 is 1.14 bits per heavy atom. The largest absolute Gasteiger partial charge is 0.478 e. The summed E-state index contributed by atoms with van der Waals surface area (Å²) in [4.78, 5) is 25.0. The lowest BCUT2D eigenvalue weighted by Gasteiger charge is -2.20. The molecule has 0 radical (unpaired) electrons. The van der Waals surface area contributed by atoms with Crippen molar-refractivity contribution in [3.63, 3.8) is 0 Å². The summed E-state index contributed by atoms with van der Waals surface area (Å²) >= 11 is 9.14. The van der Waals surface area contributed by atoms with Crippen LogP contribution in [-0.2, 0) is 0 Å². The van der Waals surface area contributed by atoms with Gasteiger partial charge < -0.3 is 10.0 Å². The first-order valence-corrected chi connectivity index (χ1v) is 7.14. The SMILES string of the molecule is CN(C(=O)c1ccc(Cl)cc1Br)c1ccccc1C(=O)O. The summed E-state index contributed by atoms with van der Waals surface area (Å²) < 4.78 is 0.555. The number of halogens is 2. The molecule has 2 aromatic rings. The van der Waals surface area contributed by atoms with Crippen LogP contribution in [0, 0.1) is 0 Å². The Morgan fingerprint density at radius 3 is 2.43 bits per heavy atom. The summed E-state index contributed by atoms with van der Waals surface area (Å²) in [5, 5.41) is 9.70. The van der Waals surface area contributed by atoms with Crippen molar-refractivity contribution in [1.82, 2.24) is 0 Å². The summed E-state index contributed by atoms with van der Waals surface area (Å²) in [6.07, 6.45) is 0. The van der Waals surface area contributed by atoms with E-state index in [2.05, 4.69) is 15.9 Å². The number of hydrogen-bond acceptors (Lipinski definition) is 2. The number of benzene rings is 2. The van der Waals surface area contributed by atoms with Crippen molar-refractivity contribution in [3.8, 4) is 0 Å². The molecule has 0 heterocycles. The first-order valence-electron chi connectivity index (χ1n) is 5.97. The molecule has 0 bridgehead atoms. The van der Waals surface area contributed by atoms with Gasteiger partial charge in [0.05, 0.1) is 16.8 Å². The van der Waals surface area contributed by atoms with Crippen LogP contribution in [0.15, 0.2) is 46.9 Å². The second-order valence-corrected chi connectivity index (χ2v) is 5.60. The molecular weight excluding hydrogens is 358 g/mol. The Morgan fingerprint density at radius 2 is 1.81 bits per heavy atom. The van der Waals surface area contributed by atoms with Crippen LogP contribution in [-0.4, -0.2) is 24.0 Å². The van der Waals surface area contributed by atoms with Crippen LogP contribution in [0.25, 0.3) is 0 Å². The number of rotatable bonds is 3. The maximum atomic E-state index is 12.5. The van der Waals surface area contributed by atoms with Gasteiger partial charge in [0.25, 0.3) is 5.91 Å². The molecule has 21 heavy (non-hydrogen) atoms. The fourth-order valence-electron chi connectivity index (χ4n) is 1.90. The highest BCUT2D eigenvalue weighted by molar-refractivity contribution is 9.10. The van der Waals surface area contributed by atoms with Crippen molar-refractivity contribution in [2.45, 2.75) is 0 Å². The molecule has 1 amide bonds. The number of anilines is 1. The van der Waals surface area contributed by atoms with E-state index in [0.29, 0.717) is 20.7 Å². The number of carbonyl (C=O) groups excluding carboxylic acids is 1. The Balaban J connectivity index is 2.42. The Labute approximate surface area is 135 Å². The van der Waals surface area contributed by atoms with Gasteiger partial charge in [-0.1, -0.05) is 23.7 Å². The molecule has 4 nitrogen and oxygen atoms in total. The van der Waals surface area contributed by atoms with E-state index < -0.39 is 5.97 Å². The Bertz CT molecular complexity index is 718. The molecule has 0 spiro atoms. The quantitative estimate of drug-likeness (QED) is 0.888. The van der Waals surface area contributed by atoms with Gasteiger partial charge in [-0.25, -0.2) is 4.79 Å². The van der Waals surface area contributed by atoms with Crippen LogP contribution < -0.4 is 4.90 Å². The van der Waals surface area contributed by atoms with E-state index in [1.807, 2.05) is 0 Å². The number of carbonyl (C=O) groups is 2. The number of aromatic carboxylic acids is 1. The predicted octanol–water partition coefficient (Wildman–Crippen LogP) is 4.08. The minimum atomic E-state index is -1.08. The highest BCUT2D eigenvalue weighted by Gasteiger charge is 2.20. The van der Waals surface area contributed by atoms with Gasteiger partial charge in [0, 0.05) is 16.5 Å². The standard InChI is InChI=1S/C15H11BrClNO3/c1-18(13-5-3-2-4-11(13)15(20)21)14(19)10-7-6-9(17)8-12(10)16/h2-8H,1H3,(H,20,21). The third-order valence-corrected chi connectivity index (χ3v) is 3.85. The van der Waals surface area contributed by atoms with Crippen LogP contribution >= 0.6 is 27.5 Å². The first-order chi connectivity index (χ1) is 9.91. The lowest BCUT2D eigenvalue weighted by molar-refractivity contribution is 0.0697. The van der Waals surface area contributed by atoms with E-state index in [-0.39, 0.29) is 11.5 Å². The minimum absolute atomic E-state index is 0.0680. The Kier molecular flexibility index (Phi) is 4.65. The first kappa shape index (κ1) is 15.5. The van der Waals surface area contributed by atoms with Gasteiger partial charge in [-0.05, 0) is 46.3 Å². The molecule has 0 saturated carbocycles. The zero-order chi connectivity index (χ0) is 15.6. The van der Waals surface area contributed by atoms with Crippen LogP contribution in [0.2, 0.25) is 5.02 Å². The van der Waals surface area contributed by atoms with Gasteiger partial charge in [-0.3, -0.25) is 4.79 Å². The molecule has 0 fully saturated rings. The molecule has 0 atom stereocenters. The van der Waals surface area contributed by atoms with Crippen molar-refractivity contribution >= 4 is 45.1 Å². The molecule has 6 heteroatoms. The van der Waals surface area contributed by atoms with Gasteiger partial charge in [-0.15, -0.1) is 0 Å². The van der Waals surface area contributed by atoms with Crippen molar-refractivity contribution in [2.24, 2.45) is 0 Å². The number of carboxylic acid groups (broad SMARTS) is 1. The molecule has 2 rings (SSSR count). The lowest BCUT2D eigenvalue weighted by atomic mass is 10.1. The summed E-state index contributed by atoms with van der Waals surface area (Å²) in [6, 6.07) is 11.2. The monoisotopic (exact) mass is 367 g/mol. The van der Waals surface area contributed by atoms with Gasteiger partial charge in [0.15, 0.2) is 0 Å². The number of para-hydroxylation sites is 1. The fourth-order valence-corrected chi connectivity index (χ4v) is 2.75. The molecular formula is C15H11BrClNO3. The van der Waals surface area contributed by atoms with Gasteiger partial charge in [-0.2, -0.15) is 0 Å². The number of nitrogens with zero attached hydrogens (tertiary/aromatic N) is 1. The molecule has 0 aliphatic carbocycles. The van der Waals surface area contributed by atoms with Gasteiger partial charge >= 0.3 is 5.97 Å². The fraction of sp³-hybridized carbons (Fsp3) is 0.0667. The van der Waals surface area contributed by atoms with Crippen LogP contribution in [0.4, 0.5) is 5.69 Å². The van der Waals surface area contributed by atoms with Crippen LogP contribution in [0.3, 0.4) is 0 Å². The smallest absolute Gasteiger partial charge is 0.337 e. The maximum Gasteiger partial charge on any atom is 0.337 e. The van der Waals surface area contributed by atoms with Crippen LogP contribution in [0.5, 0.6) is 0 Å². The van der Waals surface area contributed by atoms with E-state index in [1.54, 1.807) is 36.4 Å². The van der Waals surface area contributed by atoms with Crippen molar-refractivity contribution in [2.75, 3.05) is 11.9 Å². The van der Waals surface area contributed by atoms with E-state index in [1.165, 1.54) is 18.0 Å². The molecule has 0 aromatic heterocycles. The summed E-state index contributed by atoms with van der Waals surface area (Å²) in [7, 11) is 1.53. The number of amides is 1. The summed E-state index contributed by atoms with van der Waals surface area (Å²) in [6.45, 7) is 0. The average Bonchev–Trinajstić information content (AvgIpc) is 2.45.